The van der Waals surface area contributed by atoms with Gasteiger partial charge in [-0.3, -0.25) is 9.13 Å². The van der Waals surface area contributed by atoms with Crippen molar-refractivity contribution in [3.05, 3.63) is 40.8 Å². The molecule has 1 fully saturated rings. The van der Waals surface area contributed by atoms with E-state index in [1.807, 2.05) is 23.8 Å². The Bertz CT molecular complexity index is 1330. The van der Waals surface area contributed by atoms with Crippen LogP contribution in [0.5, 0.6) is 0 Å². The van der Waals surface area contributed by atoms with E-state index in [4.69, 9.17) is 4.98 Å². The largest absolute Gasteiger partial charge is 0.330 e. The summed E-state index contributed by atoms with van der Waals surface area (Å²) < 4.78 is 5.27. The highest BCUT2D eigenvalue weighted by molar-refractivity contribution is 8.32. The number of anilines is 2. The lowest BCUT2D eigenvalue weighted by atomic mass is 10.1. The van der Waals surface area contributed by atoms with Gasteiger partial charge in [0.25, 0.3) is 0 Å². The molecule has 5 rings (SSSR count). The predicted molar refractivity (Wildman–Crippen MR) is 126 cm³/mol. The van der Waals surface area contributed by atoms with Crippen LogP contribution in [0.1, 0.15) is 30.9 Å². The molecule has 1 atom stereocenters. The van der Waals surface area contributed by atoms with Crippen molar-refractivity contribution in [3.63, 3.8) is 0 Å². The average Bonchev–Trinajstić information content (AvgIpc) is 3.21. The fraction of sp³-hybridized carbons (Fsp3) is 0.476. The standard InChI is InChI=1S/C21H28N8OS/c1-14-10-18-23-13-24-28(18)12-16(14)25-20-22-11-17-19(26-20)29(21(30)27(17)2)15-6-5-8-31(3,4)9-7-15/h10-13,15H,5-9H2,1-4H3,(H,22,25,26). The monoisotopic (exact) mass is 440 g/mol. The van der Waals surface area contributed by atoms with Crippen LogP contribution in [0.15, 0.2) is 29.6 Å². The number of pyridine rings is 1. The summed E-state index contributed by atoms with van der Waals surface area (Å²) in [5.74, 6) is 2.93. The Balaban J connectivity index is 1.55. The van der Waals surface area contributed by atoms with Crippen LogP contribution in [-0.4, -0.2) is 57.7 Å². The number of nitrogens with one attached hydrogen (secondary N) is 1. The van der Waals surface area contributed by atoms with Crippen molar-refractivity contribution in [2.75, 3.05) is 29.3 Å². The molecule has 1 N–H and O–H groups in total. The second kappa shape index (κ2) is 7.37. The quantitative estimate of drug-likeness (QED) is 0.526. The first-order valence-electron chi connectivity index (χ1n) is 10.5. The molecule has 4 aromatic rings. The van der Waals surface area contributed by atoms with Crippen LogP contribution in [0.3, 0.4) is 0 Å². The van der Waals surface area contributed by atoms with Gasteiger partial charge < -0.3 is 5.32 Å². The molecule has 9 nitrogen and oxygen atoms in total. The van der Waals surface area contributed by atoms with Crippen molar-refractivity contribution in [1.29, 1.82) is 0 Å². The highest BCUT2D eigenvalue weighted by Crippen LogP contribution is 2.46. The topological polar surface area (TPSA) is 94.9 Å². The van der Waals surface area contributed by atoms with Crippen LogP contribution in [0.4, 0.5) is 11.6 Å². The molecule has 4 aromatic heterocycles. The van der Waals surface area contributed by atoms with Gasteiger partial charge in [0.2, 0.25) is 5.95 Å². The molecular weight excluding hydrogens is 412 g/mol. The molecular formula is C21H28N8OS. The van der Waals surface area contributed by atoms with Crippen molar-refractivity contribution >= 4 is 38.5 Å². The molecule has 0 aliphatic carbocycles. The third kappa shape index (κ3) is 3.58. The highest BCUT2D eigenvalue weighted by atomic mass is 32.3. The molecule has 1 aliphatic heterocycles. The zero-order valence-corrected chi connectivity index (χ0v) is 19.2. The highest BCUT2D eigenvalue weighted by Gasteiger charge is 2.26. The van der Waals surface area contributed by atoms with Crippen molar-refractivity contribution in [2.45, 2.75) is 32.2 Å². The molecule has 0 radical (unpaired) electrons. The minimum Gasteiger partial charge on any atom is -0.323 e. The van der Waals surface area contributed by atoms with Gasteiger partial charge in [-0.05, 0) is 61.8 Å². The third-order valence-corrected chi connectivity index (χ3v) is 9.04. The number of hydrogen-bond donors (Lipinski definition) is 1. The molecule has 1 saturated heterocycles. The van der Waals surface area contributed by atoms with E-state index in [0.29, 0.717) is 11.6 Å². The van der Waals surface area contributed by atoms with Crippen LogP contribution >= 0.6 is 10.0 Å². The lowest BCUT2D eigenvalue weighted by Crippen LogP contribution is -2.26. The normalized spacial score (nSPS) is 20.1. The van der Waals surface area contributed by atoms with Crippen molar-refractivity contribution in [2.24, 2.45) is 7.05 Å². The third-order valence-electron chi connectivity index (χ3n) is 6.30. The number of fused-ring (bicyclic) bond motifs is 2. The fourth-order valence-electron chi connectivity index (χ4n) is 4.40. The summed E-state index contributed by atoms with van der Waals surface area (Å²) in [6, 6.07) is 2.14. The fourth-order valence-corrected chi connectivity index (χ4v) is 6.47. The summed E-state index contributed by atoms with van der Waals surface area (Å²) in [5, 5.41) is 7.50. The molecule has 1 unspecified atom stereocenters. The Kier molecular flexibility index (Phi) is 4.76. The van der Waals surface area contributed by atoms with Gasteiger partial charge in [0.1, 0.15) is 11.8 Å². The summed E-state index contributed by atoms with van der Waals surface area (Å²) >= 11 is 0. The molecule has 164 valence electrons. The van der Waals surface area contributed by atoms with Crippen LogP contribution < -0.4 is 11.0 Å². The van der Waals surface area contributed by atoms with Crippen molar-refractivity contribution in [1.82, 2.24) is 33.7 Å². The van der Waals surface area contributed by atoms with Crippen molar-refractivity contribution < 1.29 is 0 Å². The van der Waals surface area contributed by atoms with Gasteiger partial charge in [-0.25, -0.2) is 29.3 Å². The van der Waals surface area contributed by atoms with Crippen LogP contribution in [0.25, 0.3) is 16.8 Å². The summed E-state index contributed by atoms with van der Waals surface area (Å²) in [6.45, 7) is 2.00. The number of aryl methyl sites for hydroxylation is 2. The molecule has 31 heavy (non-hydrogen) atoms. The van der Waals surface area contributed by atoms with Gasteiger partial charge in [0.15, 0.2) is 11.3 Å². The van der Waals surface area contributed by atoms with Crippen LogP contribution in [-0.2, 0) is 7.05 Å². The molecule has 10 heteroatoms. The van der Waals surface area contributed by atoms with E-state index >= 15 is 0 Å². The van der Waals surface area contributed by atoms with Crippen LogP contribution in [0.2, 0.25) is 0 Å². The van der Waals surface area contributed by atoms with E-state index in [-0.39, 0.29) is 11.7 Å². The maximum Gasteiger partial charge on any atom is 0.330 e. The lowest BCUT2D eigenvalue weighted by molar-refractivity contribution is 0.450. The first-order chi connectivity index (χ1) is 14.8. The zero-order valence-electron chi connectivity index (χ0n) is 18.4. The Morgan fingerprint density at radius 3 is 2.87 bits per heavy atom. The maximum atomic E-state index is 13.1. The second-order valence-corrected chi connectivity index (χ2v) is 13.3. The van der Waals surface area contributed by atoms with E-state index in [1.54, 1.807) is 22.3 Å². The molecule has 5 heterocycles. The Labute approximate surface area is 181 Å². The van der Waals surface area contributed by atoms with E-state index in [1.165, 1.54) is 17.8 Å². The van der Waals surface area contributed by atoms with Gasteiger partial charge in [0, 0.05) is 13.1 Å². The lowest BCUT2D eigenvalue weighted by Gasteiger charge is -2.29. The Morgan fingerprint density at radius 2 is 2.03 bits per heavy atom. The van der Waals surface area contributed by atoms with Crippen molar-refractivity contribution in [3.8, 4) is 0 Å². The zero-order chi connectivity index (χ0) is 21.8. The smallest absolute Gasteiger partial charge is 0.323 e. The van der Waals surface area contributed by atoms with E-state index in [9.17, 15) is 4.79 Å². The minimum atomic E-state index is -0.567. The first-order valence-corrected chi connectivity index (χ1v) is 13.3. The van der Waals surface area contributed by atoms with Crippen LogP contribution in [0, 0.1) is 6.92 Å². The average molecular weight is 441 g/mol. The number of imidazole rings is 1. The molecule has 0 amide bonds. The van der Waals surface area contributed by atoms with E-state index in [2.05, 4.69) is 32.9 Å². The van der Waals surface area contributed by atoms with Gasteiger partial charge >= 0.3 is 5.69 Å². The number of hydrogen-bond acceptors (Lipinski definition) is 6. The summed E-state index contributed by atoms with van der Waals surface area (Å²) in [7, 11) is 1.23. The minimum absolute atomic E-state index is 0.0126. The SMILES string of the molecule is Cc1cc2ncnn2cc1Nc1ncc2c(n1)n(C1CCCS(C)(C)CC1)c(=O)n2C. The molecule has 1 aliphatic rings. The summed E-state index contributed by atoms with van der Waals surface area (Å²) in [6.07, 6.45) is 13.1. The summed E-state index contributed by atoms with van der Waals surface area (Å²) in [5.41, 5.74) is 4.10. The first kappa shape index (κ1) is 20.0. The Hall–Kier alpha value is -2.88. The Morgan fingerprint density at radius 1 is 1.19 bits per heavy atom. The molecule has 0 spiro atoms. The van der Waals surface area contributed by atoms with E-state index in [0.717, 1.165) is 41.7 Å². The molecule has 0 bridgehead atoms. The number of aromatic nitrogens is 7. The van der Waals surface area contributed by atoms with Gasteiger partial charge in [0.05, 0.1) is 18.1 Å². The molecule has 0 saturated carbocycles. The van der Waals surface area contributed by atoms with Gasteiger partial charge in [-0.1, -0.05) is 0 Å². The van der Waals surface area contributed by atoms with Gasteiger partial charge in [-0.2, -0.15) is 10.1 Å². The number of rotatable bonds is 3. The molecule has 0 aromatic carbocycles. The summed E-state index contributed by atoms with van der Waals surface area (Å²) in [4.78, 5) is 26.6. The maximum absolute atomic E-state index is 13.1. The van der Waals surface area contributed by atoms with Gasteiger partial charge in [-0.15, -0.1) is 0 Å². The second-order valence-electron chi connectivity index (χ2n) is 8.93. The van der Waals surface area contributed by atoms with E-state index < -0.39 is 10.0 Å². The number of nitrogens with zero attached hydrogens (tertiary/aromatic N) is 7. The predicted octanol–water partition coefficient (Wildman–Crippen LogP) is 3.01.